The first-order valence-corrected chi connectivity index (χ1v) is 10.1. The smallest absolute Gasteiger partial charge is 0.139 e. The van der Waals surface area contributed by atoms with Gasteiger partial charge in [0.1, 0.15) is 16.3 Å². The van der Waals surface area contributed by atoms with E-state index < -0.39 is 0 Å². The van der Waals surface area contributed by atoms with Crippen molar-refractivity contribution in [3.8, 4) is 11.3 Å². The molecule has 0 spiro atoms. The number of furan rings is 1. The van der Waals surface area contributed by atoms with Crippen molar-refractivity contribution < 1.29 is 9.15 Å². The Labute approximate surface area is 157 Å². The van der Waals surface area contributed by atoms with Gasteiger partial charge in [0.2, 0.25) is 0 Å². The fraction of sp³-hybridized carbons (Fsp3) is 0.364. The van der Waals surface area contributed by atoms with Crippen LogP contribution in [0.15, 0.2) is 34.7 Å². The molecule has 4 heteroatoms. The van der Waals surface area contributed by atoms with E-state index in [1.807, 2.05) is 23.5 Å². The Morgan fingerprint density at radius 1 is 1.12 bits per heavy atom. The average molecular weight is 365 g/mol. The molecule has 0 radical (unpaired) electrons. The van der Waals surface area contributed by atoms with Crippen LogP contribution in [0.4, 0.5) is 5.00 Å². The molecule has 2 aromatic heterocycles. The number of fused-ring (bicyclic) bond motifs is 2. The Bertz CT molecular complexity index is 1050. The maximum absolute atomic E-state index is 6.29. The maximum Gasteiger partial charge on any atom is 0.139 e. The molecule has 1 aliphatic heterocycles. The van der Waals surface area contributed by atoms with Gasteiger partial charge in [-0.25, -0.2) is 0 Å². The summed E-state index contributed by atoms with van der Waals surface area (Å²) in [6.45, 7) is 8.08. The number of benzene rings is 1. The van der Waals surface area contributed by atoms with Crippen LogP contribution in [0.25, 0.3) is 34.4 Å². The molecular weight excluding hydrogens is 342 g/mol. The minimum atomic E-state index is 0.178. The Hall–Kier alpha value is -2.04. The third kappa shape index (κ3) is 2.68. The molecule has 26 heavy (non-hydrogen) atoms. The second-order valence-electron chi connectivity index (χ2n) is 7.85. The fourth-order valence-corrected chi connectivity index (χ4v) is 5.15. The van der Waals surface area contributed by atoms with Crippen molar-refractivity contribution in [3.05, 3.63) is 40.1 Å². The zero-order chi connectivity index (χ0) is 17.7. The summed E-state index contributed by atoms with van der Waals surface area (Å²) >= 11 is 1.90. The SMILES string of the molecule is CC1(C)C=c2c(-c3cc4ccccc4o3)c(N3CCOCC3)sc2=CC1. The first-order chi connectivity index (χ1) is 12.6. The number of para-hydroxylation sites is 1. The summed E-state index contributed by atoms with van der Waals surface area (Å²) < 4.78 is 13.2. The second kappa shape index (κ2) is 6.00. The van der Waals surface area contributed by atoms with Gasteiger partial charge in [0.25, 0.3) is 0 Å². The van der Waals surface area contributed by atoms with E-state index in [1.54, 1.807) is 0 Å². The van der Waals surface area contributed by atoms with Gasteiger partial charge in [-0.1, -0.05) is 44.2 Å². The van der Waals surface area contributed by atoms with E-state index in [4.69, 9.17) is 9.15 Å². The molecule has 0 amide bonds. The fourth-order valence-electron chi connectivity index (χ4n) is 3.88. The molecule has 0 unspecified atom stereocenters. The Kier molecular flexibility index (Phi) is 3.73. The highest BCUT2D eigenvalue weighted by atomic mass is 32.1. The molecule has 0 bridgehead atoms. The van der Waals surface area contributed by atoms with Crippen LogP contribution in [0.1, 0.15) is 20.3 Å². The number of hydrogen-bond acceptors (Lipinski definition) is 4. The zero-order valence-electron chi connectivity index (χ0n) is 15.2. The van der Waals surface area contributed by atoms with Crippen molar-refractivity contribution in [1.29, 1.82) is 0 Å². The van der Waals surface area contributed by atoms with Crippen LogP contribution in [0.2, 0.25) is 0 Å². The maximum atomic E-state index is 6.29. The van der Waals surface area contributed by atoms with Crippen LogP contribution in [0.5, 0.6) is 0 Å². The first kappa shape index (κ1) is 16.2. The minimum absolute atomic E-state index is 0.178. The van der Waals surface area contributed by atoms with Crippen LogP contribution in [-0.4, -0.2) is 26.3 Å². The average Bonchev–Trinajstić information content (AvgIpc) is 3.22. The summed E-state index contributed by atoms with van der Waals surface area (Å²) in [6.07, 6.45) is 5.92. The summed E-state index contributed by atoms with van der Waals surface area (Å²) in [4.78, 5) is 2.46. The van der Waals surface area contributed by atoms with E-state index in [0.29, 0.717) is 0 Å². The van der Waals surface area contributed by atoms with Crippen molar-refractivity contribution in [3.63, 3.8) is 0 Å². The summed E-state index contributed by atoms with van der Waals surface area (Å²) in [5, 5.41) is 3.82. The van der Waals surface area contributed by atoms with Crippen LogP contribution < -0.4 is 14.7 Å². The highest BCUT2D eigenvalue weighted by Gasteiger charge is 2.25. The molecule has 0 N–H and O–H groups in total. The molecule has 1 aliphatic carbocycles. The molecule has 134 valence electrons. The van der Waals surface area contributed by atoms with E-state index in [9.17, 15) is 0 Å². The van der Waals surface area contributed by atoms with Crippen molar-refractivity contribution in [2.45, 2.75) is 20.3 Å². The highest BCUT2D eigenvalue weighted by Crippen LogP contribution is 2.36. The molecule has 1 fully saturated rings. The molecule has 3 aromatic rings. The number of hydrogen-bond donors (Lipinski definition) is 0. The van der Waals surface area contributed by atoms with E-state index in [1.165, 1.54) is 20.3 Å². The number of rotatable bonds is 2. The molecule has 2 aliphatic rings. The molecule has 0 saturated carbocycles. The third-order valence-corrected chi connectivity index (χ3v) is 6.54. The standard InChI is InChI=1S/C22H23NO2S/c1-22(2)8-7-19-16(14-22)20(21(26-19)23-9-11-24-12-10-23)18-13-15-5-3-4-6-17(15)25-18/h3-7,13-14H,8-12H2,1-2H3. The quantitative estimate of drug-likeness (QED) is 0.687. The lowest BCUT2D eigenvalue weighted by Crippen LogP contribution is -2.36. The van der Waals surface area contributed by atoms with Gasteiger partial charge >= 0.3 is 0 Å². The van der Waals surface area contributed by atoms with Crippen molar-refractivity contribution in [2.75, 3.05) is 31.2 Å². The van der Waals surface area contributed by atoms with E-state index in [-0.39, 0.29) is 5.41 Å². The molecule has 1 saturated heterocycles. The van der Waals surface area contributed by atoms with Gasteiger partial charge in [-0.3, -0.25) is 0 Å². The number of anilines is 1. The van der Waals surface area contributed by atoms with Gasteiger partial charge in [-0.2, -0.15) is 0 Å². The Morgan fingerprint density at radius 2 is 1.92 bits per heavy atom. The summed E-state index contributed by atoms with van der Waals surface area (Å²) in [6, 6.07) is 10.5. The van der Waals surface area contributed by atoms with E-state index >= 15 is 0 Å². The molecule has 5 rings (SSSR count). The van der Waals surface area contributed by atoms with Crippen molar-refractivity contribution >= 4 is 39.5 Å². The van der Waals surface area contributed by atoms with Gasteiger partial charge in [0.05, 0.1) is 18.8 Å². The number of ether oxygens (including phenoxy) is 1. The summed E-state index contributed by atoms with van der Waals surface area (Å²) in [5.41, 5.74) is 2.39. The Balaban J connectivity index is 1.77. The number of nitrogens with zero attached hydrogens (tertiary/aromatic N) is 1. The van der Waals surface area contributed by atoms with E-state index in [2.05, 4.69) is 49.1 Å². The molecular formula is C22H23NO2S. The lowest BCUT2D eigenvalue weighted by atomic mass is 9.85. The molecule has 0 atom stereocenters. The summed E-state index contributed by atoms with van der Waals surface area (Å²) in [5.74, 6) is 0.979. The van der Waals surface area contributed by atoms with Crippen molar-refractivity contribution in [1.82, 2.24) is 0 Å². The normalized spacial score (nSPS) is 19.1. The van der Waals surface area contributed by atoms with Crippen LogP contribution in [0, 0.1) is 5.41 Å². The van der Waals surface area contributed by atoms with Gasteiger partial charge in [0.15, 0.2) is 0 Å². The number of thiophene rings is 1. The van der Waals surface area contributed by atoms with Crippen LogP contribution in [0.3, 0.4) is 0 Å². The number of morpholine rings is 1. The molecule has 1 aromatic carbocycles. The van der Waals surface area contributed by atoms with Gasteiger partial charge in [-0.05, 0) is 24.0 Å². The van der Waals surface area contributed by atoms with Gasteiger partial charge < -0.3 is 14.1 Å². The lowest BCUT2D eigenvalue weighted by molar-refractivity contribution is 0.123. The zero-order valence-corrected chi connectivity index (χ0v) is 16.1. The third-order valence-electron chi connectivity index (χ3n) is 5.27. The largest absolute Gasteiger partial charge is 0.456 e. The predicted octanol–water partition coefficient (Wildman–Crippen LogP) is 3.99. The van der Waals surface area contributed by atoms with Crippen molar-refractivity contribution in [2.24, 2.45) is 5.41 Å². The predicted molar refractivity (Wildman–Crippen MR) is 109 cm³/mol. The van der Waals surface area contributed by atoms with Gasteiger partial charge in [-0.15, -0.1) is 11.3 Å². The first-order valence-electron chi connectivity index (χ1n) is 9.28. The monoisotopic (exact) mass is 365 g/mol. The van der Waals surface area contributed by atoms with Crippen LogP contribution >= 0.6 is 11.3 Å². The minimum Gasteiger partial charge on any atom is -0.456 e. The lowest BCUT2D eigenvalue weighted by Gasteiger charge is -2.28. The summed E-state index contributed by atoms with van der Waals surface area (Å²) in [7, 11) is 0. The van der Waals surface area contributed by atoms with E-state index in [0.717, 1.165) is 49.5 Å². The highest BCUT2D eigenvalue weighted by molar-refractivity contribution is 7.14. The Morgan fingerprint density at radius 3 is 2.73 bits per heavy atom. The molecule has 3 heterocycles. The van der Waals surface area contributed by atoms with Gasteiger partial charge in [0, 0.05) is 28.2 Å². The van der Waals surface area contributed by atoms with Crippen LogP contribution in [-0.2, 0) is 4.74 Å². The topological polar surface area (TPSA) is 25.6 Å². The second-order valence-corrected chi connectivity index (χ2v) is 8.88. The molecule has 3 nitrogen and oxygen atoms in total.